The molecule has 6 heteroatoms. The number of amides is 1. The van der Waals surface area contributed by atoms with Gasteiger partial charge in [-0.1, -0.05) is 29.0 Å². The number of anilines is 1. The van der Waals surface area contributed by atoms with E-state index in [1.165, 1.54) is 0 Å². The number of aryl methyl sites for hydroxylation is 2. The van der Waals surface area contributed by atoms with Crippen molar-refractivity contribution in [3.63, 3.8) is 0 Å². The molecular weight excluding hydrogens is 288 g/mol. The molecule has 0 fully saturated rings. The zero-order valence-electron chi connectivity index (χ0n) is 12.1. The number of rotatable bonds is 4. The average molecular weight is 304 g/mol. The number of carbonyl (C=O) groups is 2. The fourth-order valence-corrected chi connectivity index (χ4v) is 2.57. The minimum absolute atomic E-state index is 0.251. The van der Waals surface area contributed by atoms with Crippen LogP contribution >= 0.6 is 11.3 Å². The van der Waals surface area contributed by atoms with Crippen molar-refractivity contribution in [2.24, 2.45) is 0 Å². The molecule has 0 bridgehead atoms. The quantitative estimate of drug-likeness (QED) is 0.881. The standard InChI is InChI=1S/C15H16N2O3S/c1-4-20-14(19)12-10(3)16-15(21-12)17-13(18)11-7-5-9(2)6-8-11/h5-8H,4H2,1-3H3,(H,16,17,18). The highest BCUT2D eigenvalue weighted by molar-refractivity contribution is 7.17. The Kier molecular flexibility index (Phi) is 4.70. The van der Waals surface area contributed by atoms with Crippen LogP contribution in [-0.4, -0.2) is 23.5 Å². The highest BCUT2D eigenvalue weighted by atomic mass is 32.1. The molecule has 1 heterocycles. The number of ether oxygens (including phenoxy) is 1. The van der Waals surface area contributed by atoms with Gasteiger partial charge in [-0.05, 0) is 32.9 Å². The molecule has 1 N–H and O–H groups in total. The van der Waals surface area contributed by atoms with Gasteiger partial charge in [-0.3, -0.25) is 10.1 Å². The Balaban J connectivity index is 2.13. The van der Waals surface area contributed by atoms with Crippen molar-refractivity contribution in [2.45, 2.75) is 20.8 Å². The summed E-state index contributed by atoms with van der Waals surface area (Å²) in [6.45, 7) is 5.72. The van der Waals surface area contributed by atoms with E-state index in [4.69, 9.17) is 4.74 Å². The van der Waals surface area contributed by atoms with E-state index in [0.717, 1.165) is 16.9 Å². The molecule has 0 unspecified atom stereocenters. The van der Waals surface area contributed by atoms with Crippen LogP contribution in [0.2, 0.25) is 0 Å². The predicted octanol–water partition coefficient (Wildman–Crippen LogP) is 3.19. The van der Waals surface area contributed by atoms with Crippen molar-refractivity contribution in [3.8, 4) is 0 Å². The summed E-state index contributed by atoms with van der Waals surface area (Å²) in [7, 11) is 0. The lowest BCUT2D eigenvalue weighted by molar-refractivity contribution is 0.0531. The van der Waals surface area contributed by atoms with Gasteiger partial charge in [0.15, 0.2) is 5.13 Å². The van der Waals surface area contributed by atoms with E-state index in [1.54, 1.807) is 26.0 Å². The SMILES string of the molecule is CCOC(=O)c1sc(NC(=O)c2ccc(C)cc2)nc1C. The van der Waals surface area contributed by atoms with Crippen LogP contribution in [0.4, 0.5) is 5.13 Å². The smallest absolute Gasteiger partial charge is 0.350 e. The normalized spacial score (nSPS) is 10.2. The third-order valence-electron chi connectivity index (χ3n) is 2.79. The first-order valence-electron chi connectivity index (χ1n) is 6.53. The van der Waals surface area contributed by atoms with Gasteiger partial charge in [0.25, 0.3) is 5.91 Å². The monoisotopic (exact) mass is 304 g/mol. The molecule has 1 aromatic heterocycles. The lowest BCUT2D eigenvalue weighted by Crippen LogP contribution is -2.11. The predicted molar refractivity (Wildman–Crippen MR) is 81.9 cm³/mol. The van der Waals surface area contributed by atoms with Gasteiger partial charge in [0.2, 0.25) is 0 Å². The van der Waals surface area contributed by atoms with Crippen LogP contribution in [0, 0.1) is 13.8 Å². The van der Waals surface area contributed by atoms with Gasteiger partial charge in [0.05, 0.1) is 12.3 Å². The highest BCUT2D eigenvalue weighted by Gasteiger charge is 2.17. The number of aromatic nitrogens is 1. The number of thiazole rings is 1. The minimum atomic E-state index is -0.414. The molecule has 1 aromatic carbocycles. The lowest BCUT2D eigenvalue weighted by Gasteiger charge is -2.01. The molecule has 0 radical (unpaired) electrons. The van der Waals surface area contributed by atoms with Gasteiger partial charge >= 0.3 is 5.97 Å². The molecule has 110 valence electrons. The number of hydrogen-bond acceptors (Lipinski definition) is 5. The van der Waals surface area contributed by atoms with E-state index < -0.39 is 5.97 Å². The first kappa shape index (κ1) is 15.2. The molecule has 0 aliphatic heterocycles. The summed E-state index contributed by atoms with van der Waals surface area (Å²) in [5.41, 5.74) is 2.19. The second-order valence-electron chi connectivity index (χ2n) is 4.47. The Hall–Kier alpha value is -2.21. The topological polar surface area (TPSA) is 68.3 Å². The molecule has 0 atom stereocenters. The van der Waals surface area contributed by atoms with Gasteiger partial charge in [-0.2, -0.15) is 0 Å². The molecule has 0 saturated carbocycles. The summed E-state index contributed by atoms with van der Waals surface area (Å²) < 4.78 is 4.94. The Morgan fingerprint density at radius 2 is 1.90 bits per heavy atom. The summed E-state index contributed by atoms with van der Waals surface area (Å²) in [5.74, 6) is -0.664. The van der Waals surface area contributed by atoms with Crippen molar-refractivity contribution in [3.05, 3.63) is 46.0 Å². The number of nitrogens with zero attached hydrogens (tertiary/aromatic N) is 1. The maximum absolute atomic E-state index is 12.1. The maximum atomic E-state index is 12.1. The van der Waals surface area contributed by atoms with E-state index in [9.17, 15) is 9.59 Å². The third kappa shape index (κ3) is 3.66. The summed E-state index contributed by atoms with van der Waals surface area (Å²) in [6.07, 6.45) is 0. The summed E-state index contributed by atoms with van der Waals surface area (Å²) in [4.78, 5) is 28.4. The second kappa shape index (κ2) is 6.49. The van der Waals surface area contributed by atoms with Crippen LogP contribution in [0.5, 0.6) is 0 Å². The molecule has 5 nitrogen and oxygen atoms in total. The van der Waals surface area contributed by atoms with E-state index >= 15 is 0 Å². The maximum Gasteiger partial charge on any atom is 0.350 e. The van der Waals surface area contributed by atoms with Gasteiger partial charge in [-0.25, -0.2) is 9.78 Å². The van der Waals surface area contributed by atoms with Crippen LogP contribution in [-0.2, 0) is 4.74 Å². The second-order valence-corrected chi connectivity index (χ2v) is 5.47. The van der Waals surface area contributed by atoms with Crippen molar-refractivity contribution in [1.82, 2.24) is 4.98 Å². The number of esters is 1. The van der Waals surface area contributed by atoms with E-state index in [1.807, 2.05) is 19.1 Å². The molecule has 0 spiro atoms. The molecule has 2 aromatic rings. The largest absolute Gasteiger partial charge is 0.462 e. The third-order valence-corrected chi connectivity index (χ3v) is 3.84. The average Bonchev–Trinajstić information content (AvgIpc) is 2.80. The van der Waals surface area contributed by atoms with Gasteiger partial charge in [-0.15, -0.1) is 0 Å². The first-order chi connectivity index (χ1) is 10.0. The molecule has 0 aliphatic carbocycles. The molecular formula is C15H16N2O3S. The number of hydrogen-bond donors (Lipinski definition) is 1. The molecule has 0 saturated heterocycles. The van der Waals surface area contributed by atoms with Crippen LogP contribution in [0.1, 0.15) is 38.2 Å². The Morgan fingerprint density at radius 3 is 2.52 bits per heavy atom. The number of nitrogens with one attached hydrogen (secondary N) is 1. The van der Waals surface area contributed by atoms with Crippen molar-refractivity contribution in [1.29, 1.82) is 0 Å². The summed E-state index contributed by atoms with van der Waals surface area (Å²) in [5, 5.41) is 3.09. The Morgan fingerprint density at radius 1 is 1.24 bits per heavy atom. The Bertz CT molecular complexity index is 662. The van der Waals surface area contributed by atoms with Crippen molar-refractivity contribution in [2.75, 3.05) is 11.9 Å². The Labute approximate surface area is 127 Å². The van der Waals surface area contributed by atoms with Crippen molar-refractivity contribution < 1.29 is 14.3 Å². The van der Waals surface area contributed by atoms with Gasteiger partial charge in [0, 0.05) is 5.56 Å². The van der Waals surface area contributed by atoms with E-state index in [0.29, 0.717) is 27.9 Å². The first-order valence-corrected chi connectivity index (χ1v) is 7.35. The van der Waals surface area contributed by atoms with Crippen LogP contribution < -0.4 is 5.32 Å². The van der Waals surface area contributed by atoms with Crippen LogP contribution in [0.25, 0.3) is 0 Å². The van der Waals surface area contributed by atoms with E-state index in [2.05, 4.69) is 10.3 Å². The van der Waals surface area contributed by atoms with Gasteiger partial charge in [0.1, 0.15) is 4.88 Å². The van der Waals surface area contributed by atoms with E-state index in [-0.39, 0.29) is 5.91 Å². The fourth-order valence-electron chi connectivity index (χ4n) is 1.71. The molecule has 0 aliphatic rings. The zero-order chi connectivity index (χ0) is 15.4. The minimum Gasteiger partial charge on any atom is -0.462 e. The zero-order valence-corrected chi connectivity index (χ0v) is 12.9. The summed E-state index contributed by atoms with van der Waals surface area (Å²) >= 11 is 1.12. The summed E-state index contributed by atoms with van der Waals surface area (Å²) in [6, 6.07) is 7.23. The van der Waals surface area contributed by atoms with Crippen molar-refractivity contribution >= 4 is 28.3 Å². The van der Waals surface area contributed by atoms with Crippen LogP contribution in [0.15, 0.2) is 24.3 Å². The van der Waals surface area contributed by atoms with Gasteiger partial charge < -0.3 is 4.74 Å². The lowest BCUT2D eigenvalue weighted by atomic mass is 10.1. The van der Waals surface area contributed by atoms with Crippen LogP contribution in [0.3, 0.4) is 0 Å². The molecule has 1 amide bonds. The number of carbonyl (C=O) groups excluding carboxylic acids is 2. The number of benzene rings is 1. The highest BCUT2D eigenvalue weighted by Crippen LogP contribution is 2.24. The molecule has 21 heavy (non-hydrogen) atoms. The fraction of sp³-hybridized carbons (Fsp3) is 0.267. The molecule has 2 rings (SSSR count).